The van der Waals surface area contributed by atoms with Crippen LogP contribution < -0.4 is 4.90 Å². The van der Waals surface area contributed by atoms with Crippen molar-refractivity contribution in [2.75, 3.05) is 24.5 Å². The number of carbonyl (C=O) groups is 1. The molecule has 0 atom stereocenters. The van der Waals surface area contributed by atoms with Crippen molar-refractivity contribution >= 4 is 11.6 Å². The van der Waals surface area contributed by atoms with Gasteiger partial charge in [0.05, 0.1) is 0 Å². The summed E-state index contributed by atoms with van der Waals surface area (Å²) >= 11 is 0. The summed E-state index contributed by atoms with van der Waals surface area (Å²) in [7, 11) is 0. The van der Waals surface area contributed by atoms with Crippen molar-refractivity contribution in [1.29, 1.82) is 0 Å². The molecule has 1 aliphatic heterocycles. The lowest BCUT2D eigenvalue weighted by atomic mass is 10.0. The monoisotopic (exact) mass is 348 g/mol. The number of allylic oxidation sites excluding steroid dienone is 1. The van der Waals surface area contributed by atoms with Gasteiger partial charge in [0.25, 0.3) is 5.91 Å². The van der Waals surface area contributed by atoms with Crippen molar-refractivity contribution in [2.45, 2.75) is 32.2 Å². The van der Waals surface area contributed by atoms with Gasteiger partial charge in [-0.1, -0.05) is 54.6 Å². The molecule has 3 heteroatoms. The second-order valence-electron chi connectivity index (χ2n) is 6.85. The van der Waals surface area contributed by atoms with E-state index in [1.54, 1.807) is 6.08 Å². The third-order valence-electron chi connectivity index (χ3n) is 5.06. The Hall–Kier alpha value is -2.39. The predicted octanol–water partition coefficient (Wildman–Crippen LogP) is 4.30. The highest BCUT2D eigenvalue weighted by Crippen LogP contribution is 2.24. The summed E-state index contributed by atoms with van der Waals surface area (Å²) in [5.41, 5.74) is 2.39. The Labute approximate surface area is 156 Å². The summed E-state index contributed by atoms with van der Waals surface area (Å²) in [6.45, 7) is 5.08. The number of anilines is 1. The molecule has 0 unspecified atom stereocenters. The molecular formula is C23H28N2O. The Morgan fingerprint density at radius 1 is 1.04 bits per heavy atom. The average Bonchev–Trinajstić information content (AvgIpc) is 2.69. The topological polar surface area (TPSA) is 23.6 Å². The fraction of sp³-hybridized carbons (Fsp3) is 0.348. The van der Waals surface area contributed by atoms with E-state index in [2.05, 4.69) is 35.2 Å². The Morgan fingerprint density at radius 2 is 1.65 bits per heavy atom. The molecule has 2 aromatic rings. The smallest absolute Gasteiger partial charge is 0.250 e. The van der Waals surface area contributed by atoms with E-state index in [4.69, 9.17) is 0 Å². The Balaban J connectivity index is 1.60. The highest BCUT2D eigenvalue weighted by atomic mass is 16.2. The summed E-state index contributed by atoms with van der Waals surface area (Å²) in [5.74, 6) is 0.0847. The van der Waals surface area contributed by atoms with Crippen LogP contribution in [0, 0.1) is 0 Å². The zero-order valence-electron chi connectivity index (χ0n) is 15.6. The first kappa shape index (κ1) is 18.4. The number of para-hydroxylation sites is 1. The van der Waals surface area contributed by atoms with Crippen LogP contribution in [0.15, 0.2) is 72.8 Å². The van der Waals surface area contributed by atoms with Gasteiger partial charge >= 0.3 is 0 Å². The highest BCUT2D eigenvalue weighted by molar-refractivity contribution is 6.01. The first-order valence-corrected chi connectivity index (χ1v) is 9.55. The normalized spacial score (nSPS) is 16.0. The molecule has 1 heterocycles. The third kappa shape index (κ3) is 4.83. The molecule has 1 saturated heterocycles. The molecule has 0 N–H and O–H groups in total. The summed E-state index contributed by atoms with van der Waals surface area (Å²) in [4.78, 5) is 17.2. The molecular weight excluding hydrogens is 320 g/mol. The molecule has 0 spiro atoms. The van der Waals surface area contributed by atoms with Crippen molar-refractivity contribution in [1.82, 2.24) is 4.90 Å². The lowest BCUT2D eigenvalue weighted by molar-refractivity contribution is -0.114. The third-order valence-corrected chi connectivity index (χ3v) is 5.06. The SMILES string of the molecule is C/C=C\C(=O)N(c1ccccc1)C1CCN(CCc2ccccc2)CC1. The average molecular weight is 348 g/mol. The van der Waals surface area contributed by atoms with E-state index in [1.165, 1.54) is 5.56 Å². The molecule has 0 aromatic heterocycles. The second kappa shape index (κ2) is 9.35. The molecule has 136 valence electrons. The Bertz CT molecular complexity index is 704. The number of carbonyl (C=O) groups excluding carboxylic acids is 1. The maximum absolute atomic E-state index is 12.7. The molecule has 1 aliphatic rings. The number of piperidine rings is 1. The molecule has 2 aromatic carbocycles. The van der Waals surface area contributed by atoms with Crippen LogP contribution in [0.4, 0.5) is 5.69 Å². The van der Waals surface area contributed by atoms with E-state index < -0.39 is 0 Å². The van der Waals surface area contributed by atoms with Crippen LogP contribution in [0.5, 0.6) is 0 Å². The molecule has 0 aliphatic carbocycles. The fourth-order valence-corrected chi connectivity index (χ4v) is 3.66. The fourth-order valence-electron chi connectivity index (χ4n) is 3.66. The van der Waals surface area contributed by atoms with E-state index in [0.29, 0.717) is 0 Å². The van der Waals surface area contributed by atoms with Gasteiger partial charge in [-0.2, -0.15) is 0 Å². The molecule has 0 radical (unpaired) electrons. The minimum Gasteiger partial charge on any atom is -0.306 e. The maximum atomic E-state index is 12.7. The molecule has 0 bridgehead atoms. The first-order valence-electron chi connectivity index (χ1n) is 9.55. The summed E-state index contributed by atoms with van der Waals surface area (Å²) in [6, 6.07) is 21.0. The van der Waals surface area contributed by atoms with Crippen LogP contribution in [0.1, 0.15) is 25.3 Å². The number of hydrogen-bond donors (Lipinski definition) is 0. The van der Waals surface area contributed by atoms with Crippen molar-refractivity contribution in [3.05, 3.63) is 78.4 Å². The van der Waals surface area contributed by atoms with Gasteiger partial charge in [0.2, 0.25) is 0 Å². The highest BCUT2D eigenvalue weighted by Gasteiger charge is 2.27. The molecule has 1 fully saturated rings. The van der Waals surface area contributed by atoms with Crippen LogP contribution in [-0.2, 0) is 11.2 Å². The minimum absolute atomic E-state index is 0.0847. The van der Waals surface area contributed by atoms with Crippen LogP contribution in [0.3, 0.4) is 0 Å². The summed E-state index contributed by atoms with van der Waals surface area (Å²) in [6.07, 6.45) is 6.63. The zero-order valence-corrected chi connectivity index (χ0v) is 15.6. The summed E-state index contributed by atoms with van der Waals surface area (Å²) in [5, 5.41) is 0. The number of benzene rings is 2. The van der Waals surface area contributed by atoms with Crippen LogP contribution in [0.25, 0.3) is 0 Å². The van der Waals surface area contributed by atoms with Gasteiger partial charge in [-0.3, -0.25) is 4.79 Å². The quantitative estimate of drug-likeness (QED) is 0.727. The number of rotatable bonds is 6. The molecule has 3 nitrogen and oxygen atoms in total. The van der Waals surface area contributed by atoms with E-state index >= 15 is 0 Å². The summed E-state index contributed by atoms with van der Waals surface area (Å²) < 4.78 is 0. The molecule has 3 rings (SSSR count). The molecule has 0 saturated carbocycles. The number of nitrogens with zero attached hydrogens (tertiary/aromatic N) is 2. The minimum atomic E-state index is 0.0847. The number of amides is 1. The van der Waals surface area contributed by atoms with Gasteiger partial charge in [-0.25, -0.2) is 0 Å². The van der Waals surface area contributed by atoms with Gasteiger partial charge in [0, 0.05) is 31.4 Å². The predicted molar refractivity (Wildman–Crippen MR) is 108 cm³/mol. The van der Waals surface area contributed by atoms with E-state index in [9.17, 15) is 4.79 Å². The van der Waals surface area contributed by atoms with Crippen molar-refractivity contribution in [2.24, 2.45) is 0 Å². The van der Waals surface area contributed by atoms with E-state index in [-0.39, 0.29) is 11.9 Å². The number of likely N-dealkylation sites (tertiary alicyclic amines) is 1. The largest absolute Gasteiger partial charge is 0.306 e. The van der Waals surface area contributed by atoms with Gasteiger partial charge in [0.15, 0.2) is 0 Å². The lowest BCUT2D eigenvalue weighted by Gasteiger charge is -2.38. The van der Waals surface area contributed by atoms with Gasteiger partial charge < -0.3 is 9.80 Å². The first-order chi connectivity index (χ1) is 12.8. The van der Waals surface area contributed by atoms with Crippen LogP contribution in [0.2, 0.25) is 0 Å². The standard InChI is InChI=1S/C23H28N2O/c1-2-9-23(26)25(21-12-7-4-8-13-21)22-15-18-24(19-16-22)17-14-20-10-5-3-6-11-20/h2-13,22H,14-19H2,1H3/b9-2-. The Morgan fingerprint density at radius 3 is 2.27 bits per heavy atom. The van der Waals surface area contributed by atoms with Crippen molar-refractivity contribution < 1.29 is 4.79 Å². The van der Waals surface area contributed by atoms with E-state index in [0.717, 1.165) is 44.6 Å². The van der Waals surface area contributed by atoms with Crippen LogP contribution >= 0.6 is 0 Å². The van der Waals surface area contributed by atoms with E-state index in [1.807, 2.05) is 48.2 Å². The van der Waals surface area contributed by atoms with Crippen LogP contribution in [-0.4, -0.2) is 36.5 Å². The maximum Gasteiger partial charge on any atom is 0.250 e. The Kier molecular flexibility index (Phi) is 6.62. The van der Waals surface area contributed by atoms with Gasteiger partial charge in [-0.05, 0) is 50.0 Å². The van der Waals surface area contributed by atoms with Crippen molar-refractivity contribution in [3.8, 4) is 0 Å². The lowest BCUT2D eigenvalue weighted by Crippen LogP contribution is -2.47. The molecule has 1 amide bonds. The molecule has 26 heavy (non-hydrogen) atoms. The number of hydrogen-bond acceptors (Lipinski definition) is 2. The van der Waals surface area contributed by atoms with Gasteiger partial charge in [0.1, 0.15) is 0 Å². The van der Waals surface area contributed by atoms with Crippen molar-refractivity contribution in [3.63, 3.8) is 0 Å². The second-order valence-corrected chi connectivity index (χ2v) is 6.85. The van der Waals surface area contributed by atoms with Gasteiger partial charge in [-0.15, -0.1) is 0 Å². The zero-order chi connectivity index (χ0) is 18.2.